The normalized spacial score (nSPS) is 12.3. The van der Waals surface area contributed by atoms with E-state index in [-0.39, 0.29) is 6.04 Å². The third-order valence-electron chi connectivity index (χ3n) is 4.86. The molecular formula is C21H19N7O. The predicted molar refractivity (Wildman–Crippen MR) is 110 cm³/mol. The molecule has 1 N–H and O–H groups in total. The van der Waals surface area contributed by atoms with Gasteiger partial charge < -0.3 is 10.1 Å². The van der Waals surface area contributed by atoms with Crippen LogP contribution in [0.4, 0.5) is 5.95 Å². The SMILES string of the molecule is COc1nc(NC(C)c2ccccn2)nn2ccc(-c3ccn4nccc4c3)c12. The van der Waals surface area contributed by atoms with Gasteiger partial charge in [0.2, 0.25) is 11.8 Å². The Kier molecular flexibility index (Phi) is 4.09. The molecule has 5 heterocycles. The van der Waals surface area contributed by atoms with Crippen molar-refractivity contribution in [2.24, 2.45) is 0 Å². The lowest BCUT2D eigenvalue weighted by Crippen LogP contribution is -2.13. The van der Waals surface area contributed by atoms with Gasteiger partial charge in [0.25, 0.3) is 0 Å². The molecule has 0 radical (unpaired) electrons. The molecule has 1 atom stereocenters. The summed E-state index contributed by atoms with van der Waals surface area (Å²) in [7, 11) is 1.62. The Bertz CT molecular complexity index is 1290. The first-order chi connectivity index (χ1) is 14.2. The minimum Gasteiger partial charge on any atom is -0.479 e. The lowest BCUT2D eigenvalue weighted by Gasteiger charge is -2.14. The lowest BCUT2D eigenvalue weighted by atomic mass is 10.1. The number of hydrogen-bond donors (Lipinski definition) is 1. The smallest absolute Gasteiger partial charge is 0.244 e. The van der Waals surface area contributed by atoms with Crippen LogP contribution in [0.1, 0.15) is 18.7 Å². The standard InChI is InChI=1S/C21H19N7O/c1-14(18-5-3-4-9-22-18)24-21-25-20(29-2)19-17(8-12-28(19)26-21)15-7-11-27-16(13-15)6-10-23-27/h3-14H,1-2H3,(H,24,26). The van der Waals surface area contributed by atoms with Crippen LogP contribution in [-0.2, 0) is 0 Å². The monoisotopic (exact) mass is 385 g/mol. The van der Waals surface area contributed by atoms with Gasteiger partial charge in [0.05, 0.1) is 24.4 Å². The maximum Gasteiger partial charge on any atom is 0.244 e. The summed E-state index contributed by atoms with van der Waals surface area (Å²) in [4.78, 5) is 8.97. The van der Waals surface area contributed by atoms with Crippen molar-refractivity contribution in [2.75, 3.05) is 12.4 Å². The van der Waals surface area contributed by atoms with Gasteiger partial charge in [-0.25, -0.2) is 9.03 Å². The molecule has 0 saturated heterocycles. The zero-order valence-electron chi connectivity index (χ0n) is 16.0. The first kappa shape index (κ1) is 17.2. The minimum absolute atomic E-state index is 0.0438. The fourth-order valence-corrected chi connectivity index (χ4v) is 3.42. The largest absolute Gasteiger partial charge is 0.479 e. The second-order valence-electron chi connectivity index (χ2n) is 6.70. The Morgan fingerprint density at radius 3 is 2.76 bits per heavy atom. The molecule has 0 bridgehead atoms. The van der Waals surface area contributed by atoms with Crippen LogP contribution in [0.15, 0.2) is 67.3 Å². The number of aromatic nitrogens is 6. The third-order valence-corrected chi connectivity index (χ3v) is 4.86. The number of anilines is 1. The van der Waals surface area contributed by atoms with Crippen molar-refractivity contribution in [2.45, 2.75) is 13.0 Å². The molecule has 0 aliphatic rings. The molecule has 8 nitrogen and oxygen atoms in total. The quantitative estimate of drug-likeness (QED) is 0.498. The molecule has 0 saturated carbocycles. The number of rotatable bonds is 5. The van der Waals surface area contributed by atoms with Crippen LogP contribution in [0.3, 0.4) is 0 Å². The Morgan fingerprint density at radius 1 is 1.03 bits per heavy atom. The average Bonchev–Trinajstić information content (AvgIpc) is 3.40. The molecule has 0 aliphatic carbocycles. The first-order valence-corrected chi connectivity index (χ1v) is 9.27. The van der Waals surface area contributed by atoms with Crippen molar-refractivity contribution in [1.82, 2.24) is 29.2 Å². The zero-order chi connectivity index (χ0) is 19.8. The van der Waals surface area contributed by atoms with E-state index >= 15 is 0 Å². The third kappa shape index (κ3) is 3.04. The predicted octanol–water partition coefficient (Wildman–Crippen LogP) is 3.62. The van der Waals surface area contributed by atoms with Gasteiger partial charge in [-0.2, -0.15) is 10.1 Å². The average molecular weight is 385 g/mol. The first-order valence-electron chi connectivity index (χ1n) is 9.27. The summed E-state index contributed by atoms with van der Waals surface area (Å²) in [6.07, 6.45) is 7.40. The molecule has 5 aromatic heterocycles. The number of nitrogens with zero attached hydrogens (tertiary/aromatic N) is 6. The Balaban J connectivity index is 1.55. The number of pyridine rings is 2. The molecule has 8 heteroatoms. The summed E-state index contributed by atoms with van der Waals surface area (Å²) in [6.45, 7) is 2.02. The highest BCUT2D eigenvalue weighted by molar-refractivity contribution is 5.85. The van der Waals surface area contributed by atoms with E-state index in [9.17, 15) is 0 Å². The van der Waals surface area contributed by atoms with E-state index in [1.54, 1.807) is 24.0 Å². The van der Waals surface area contributed by atoms with Crippen molar-refractivity contribution in [3.63, 3.8) is 0 Å². The van der Waals surface area contributed by atoms with Crippen molar-refractivity contribution in [3.8, 4) is 17.0 Å². The highest BCUT2D eigenvalue weighted by Gasteiger charge is 2.17. The van der Waals surface area contributed by atoms with Crippen molar-refractivity contribution < 1.29 is 4.74 Å². The lowest BCUT2D eigenvalue weighted by molar-refractivity contribution is 0.399. The van der Waals surface area contributed by atoms with Gasteiger partial charge in [-0.05, 0) is 48.9 Å². The van der Waals surface area contributed by atoms with Crippen LogP contribution in [0, 0.1) is 0 Å². The molecule has 144 valence electrons. The molecule has 0 spiro atoms. The zero-order valence-corrected chi connectivity index (χ0v) is 16.0. The summed E-state index contributed by atoms with van der Waals surface area (Å²) in [5, 5.41) is 12.2. The van der Waals surface area contributed by atoms with Crippen molar-refractivity contribution >= 4 is 17.0 Å². The van der Waals surface area contributed by atoms with Crippen LogP contribution in [0.25, 0.3) is 22.2 Å². The van der Waals surface area contributed by atoms with E-state index in [0.29, 0.717) is 11.8 Å². The second-order valence-corrected chi connectivity index (χ2v) is 6.70. The van der Waals surface area contributed by atoms with E-state index in [1.165, 1.54) is 0 Å². The van der Waals surface area contributed by atoms with Gasteiger partial charge in [-0.3, -0.25) is 4.98 Å². The second kappa shape index (κ2) is 6.90. The molecule has 29 heavy (non-hydrogen) atoms. The van der Waals surface area contributed by atoms with Crippen LogP contribution in [0.5, 0.6) is 5.88 Å². The fraction of sp³-hybridized carbons (Fsp3) is 0.143. The number of methoxy groups -OCH3 is 1. The summed E-state index contributed by atoms with van der Waals surface area (Å²) in [6, 6.07) is 13.9. The van der Waals surface area contributed by atoms with E-state index in [0.717, 1.165) is 27.9 Å². The van der Waals surface area contributed by atoms with Gasteiger partial charge in [0.1, 0.15) is 5.52 Å². The fourth-order valence-electron chi connectivity index (χ4n) is 3.42. The van der Waals surface area contributed by atoms with Crippen LogP contribution >= 0.6 is 0 Å². The highest BCUT2D eigenvalue weighted by atomic mass is 16.5. The molecular weight excluding hydrogens is 366 g/mol. The maximum atomic E-state index is 5.60. The summed E-state index contributed by atoms with van der Waals surface area (Å²) >= 11 is 0. The maximum absolute atomic E-state index is 5.60. The Hall–Kier alpha value is -3.94. The molecule has 0 fully saturated rings. The van der Waals surface area contributed by atoms with Crippen LogP contribution in [0.2, 0.25) is 0 Å². The van der Waals surface area contributed by atoms with Crippen molar-refractivity contribution in [1.29, 1.82) is 0 Å². The van der Waals surface area contributed by atoms with Gasteiger partial charge in [0, 0.05) is 30.4 Å². The Morgan fingerprint density at radius 2 is 1.93 bits per heavy atom. The van der Waals surface area contributed by atoms with Gasteiger partial charge >= 0.3 is 0 Å². The van der Waals surface area contributed by atoms with Gasteiger partial charge in [-0.1, -0.05) is 6.07 Å². The molecule has 1 unspecified atom stereocenters. The number of nitrogens with one attached hydrogen (secondary N) is 1. The van der Waals surface area contributed by atoms with E-state index in [1.807, 2.05) is 60.2 Å². The number of fused-ring (bicyclic) bond motifs is 2. The van der Waals surface area contributed by atoms with Crippen LogP contribution in [-0.4, -0.2) is 36.3 Å². The molecule has 0 aliphatic heterocycles. The molecule has 5 rings (SSSR count). The highest BCUT2D eigenvalue weighted by Crippen LogP contribution is 2.32. The molecule has 5 aromatic rings. The number of hydrogen-bond acceptors (Lipinski definition) is 6. The van der Waals surface area contributed by atoms with Crippen LogP contribution < -0.4 is 10.1 Å². The molecule has 0 aromatic carbocycles. The topological polar surface area (TPSA) is 81.6 Å². The van der Waals surface area contributed by atoms with E-state index < -0.39 is 0 Å². The van der Waals surface area contributed by atoms with Gasteiger partial charge in [0.15, 0.2) is 0 Å². The van der Waals surface area contributed by atoms with Gasteiger partial charge in [-0.15, -0.1) is 5.10 Å². The summed E-state index contributed by atoms with van der Waals surface area (Å²) < 4.78 is 9.22. The van der Waals surface area contributed by atoms with E-state index in [4.69, 9.17) is 4.74 Å². The van der Waals surface area contributed by atoms with Crippen molar-refractivity contribution in [3.05, 3.63) is 72.9 Å². The summed E-state index contributed by atoms with van der Waals surface area (Å²) in [5.41, 5.74) is 4.79. The Labute approximate surface area is 166 Å². The molecule has 0 amide bonds. The van der Waals surface area contributed by atoms with E-state index in [2.05, 4.69) is 31.5 Å². The number of ether oxygens (including phenoxy) is 1. The summed E-state index contributed by atoms with van der Waals surface area (Å²) in [5.74, 6) is 0.977. The minimum atomic E-state index is -0.0438.